The molecule has 1 heterocycles. The van der Waals surface area contributed by atoms with Crippen molar-refractivity contribution in [1.82, 2.24) is 15.0 Å². The molecule has 0 atom stereocenters. The number of nitrogens with one attached hydrogen (secondary N) is 2. The molecule has 2 amide bonds. The summed E-state index contributed by atoms with van der Waals surface area (Å²) < 4.78 is 38.4. The molecule has 0 spiro atoms. The number of hydrogen-bond donors (Lipinski definition) is 2. The Morgan fingerprint density at radius 2 is 1.69 bits per heavy atom. The molecule has 0 aliphatic heterocycles. The number of carbonyl (C=O) groups is 3. The molecule has 11 heteroatoms. The van der Waals surface area contributed by atoms with Crippen LogP contribution in [0.15, 0.2) is 77.8 Å². The number of benzene rings is 2. The van der Waals surface area contributed by atoms with E-state index in [0.29, 0.717) is 30.6 Å². The summed E-state index contributed by atoms with van der Waals surface area (Å²) in [4.78, 5) is 40.6. The number of rotatable bonds is 13. The third-order valence-electron chi connectivity index (χ3n) is 5.70. The number of ether oxygens (including phenoxy) is 2. The molecule has 0 aliphatic carbocycles. The summed E-state index contributed by atoms with van der Waals surface area (Å²) >= 11 is 0. The zero-order valence-corrected chi connectivity index (χ0v) is 22.6. The summed E-state index contributed by atoms with van der Waals surface area (Å²) in [6.45, 7) is 3.93. The Balaban J connectivity index is 1.53. The summed E-state index contributed by atoms with van der Waals surface area (Å²) in [6.07, 6.45) is 2.59. The molecule has 206 valence electrons. The topological polar surface area (TPSA) is 141 Å². The van der Waals surface area contributed by atoms with E-state index in [9.17, 15) is 22.8 Å². The number of amides is 2. The third kappa shape index (κ3) is 8.92. The van der Waals surface area contributed by atoms with Gasteiger partial charge in [-0.25, -0.2) is 22.9 Å². The number of pyridine rings is 1. The van der Waals surface area contributed by atoms with Crippen molar-refractivity contribution in [2.45, 2.75) is 44.1 Å². The van der Waals surface area contributed by atoms with Gasteiger partial charge in [-0.05, 0) is 61.2 Å². The number of hydrogen-bond acceptors (Lipinski definition) is 8. The van der Waals surface area contributed by atoms with Crippen molar-refractivity contribution in [2.24, 2.45) is 0 Å². The van der Waals surface area contributed by atoms with Gasteiger partial charge in [0, 0.05) is 12.7 Å². The van der Waals surface area contributed by atoms with Gasteiger partial charge in [0.25, 0.3) is 21.8 Å². The number of esters is 1. The van der Waals surface area contributed by atoms with E-state index in [4.69, 9.17) is 9.47 Å². The summed E-state index contributed by atoms with van der Waals surface area (Å²) in [5.41, 5.74) is 0.638. The van der Waals surface area contributed by atoms with Crippen LogP contribution in [-0.2, 0) is 26.0 Å². The Bertz CT molecular complexity index is 1370. The summed E-state index contributed by atoms with van der Waals surface area (Å²) in [7, 11) is -4.19. The van der Waals surface area contributed by atoms with Crippen molar-refractivity contribution in [3.8, 4) is 5.75 Å². The lowest BCUT2D eigenvalue weighted by atomic mass is 10.1. The van der Waals surface area contributed by atoms with E-state index in [0.717, 1.165) is 6.20 Å². The summed E-state index contributed by atoms with van der Waals surface area (Å²) in [5.74, 6) is -1.23. The summed E-state index contributed by atoms with van der Waals surface area (Å²) in [5, 5.41) is 2.72. The highest BCUT2D eigenvalue weighted by Crippen LogP contribution is 2.14. The van der Waals surface area contributed by atoms with Crippen LogP contribution in [0, 0.1) is 0 Å². The SMILES string of the molecule is CCC(CC)OC(=O)c1ccc(C(=O)NS(=O)(=O)c2cccc(CCNC(=O)COc3ccccc3)c2)cn1. The molecule has 39 heavy (non-hydrogen) atoms. The monoisotopic (exact) mass is 553 g/mol. The van der Waals surface area contributed by atoms with E-state index < -0.39 is 21.9 Å². The number of sulfonamides is 1. The highest BCUT2D eigenvalue weighted by molar-refractivity contribution is 7.90. The van der Waals surface area contributed by atoms with Crippen molar-refractivity contribution < 1.29 is 32.3 Å². The maximum atomic E-state index is 12.8. The molecule has 0 aliphatic rings. The van der Waals surface area contributed by atoms with Crippen LogP contribution >= 0.6 is 0 Å². The molecule has 0 saturated carbocycles. The smallest absolute Gasteiger partial charge is 0.357 e. The van der Waals surface area contributed by atoms with Crippen LogP contribution in [0.4, 0.5) is 0 Å². The van der Waals surface area contributed by atoms with Gasteiger partial charge >= 0.3 is 5.97 Å². The van der Waals surface area contributed by atoms with Crippen molar-refractivity contribution in [3.05, 3.63) is 89.7 Å². The highest BCUT2D eigenvalue weighted by atomic mass is 32.2. The number of para-hydroxylation sites is 1. The Labute approximate surface area is 227 Å². The third-order valence-corrected chi connectivity index (χ3v) is 7.03. The minimum absolute atomic E-state index is 0.0210. The summed E-state index contributed by atoms with van der Waals surface area (Å²) in [6, 6.07) is 17.6. The molecule has 1 aromatic heterocycles. The first kappa shape index (κ1) is 29.3. The average Bonchev–Trinajstić information content (AvgIpc) is 2.95. The second-order valence-electron chi connectivity index (χ2n) is 8.56. The zero-order chi connectivity index (χ0) is 28.3. The van der Waals surface area contributed by atoms with E-state index in [1.54, 1.807) is 36.4 Å². The van der Waals surface area contributed by atoms with Crippen LogP contribution in [0.3, 0.4) is 0 Å². The van der Waals surface area contributed by atoms with Gasteiger partial charge in [-0.15, -0.1) is 0 Å². The van der Waals surface area contributed by atoms with E-state index in [1.165, 1.54) is 24.3 Å². The first-order valence-electron chi connectivity index (χ1n) is 12.5. The molecule has 0 bridgehead atoms. The second-order valence-corrected chi connectivity index (χ2v) is 10.2. The second kappa shape index (κ2) is 14.1. The van der Waals surface area contributed by atoms with Gasteiger partial charge in [-0.1, -0.05) is 44.2 Å². The number of carbonyl (C=O) groups excluding carboxylic acids is 3. The van der Waals surface area contributed by atoms with Gasteiger partial charge in [-0.2, -0.15) is 0 Å². The molecule has 3 rings (SSSR count). The Hall–Kier alpha value is -4.25. The van der Waals surface area contributed by atoms with Gasteiger partial charge in [0.1, 0.15) is 17.5 Å². The van der Waals surface area contributed by atoms with Crippen molar-refractivity contribution in [2.75, 3.05) is 13.2 Å². The Kier molecular flexibility index (Phi) is 10.6. The lowest BCUT2D eigenvalue weighted by Crippen LogP contribution is -2.31. The fourth-order valence-electron chi connectivity index (χ4n) is 3.49. The van der Waals surface area contributed by atoms with E-state index in [1.807, 2.05) is 24.6 Å². The van der Waals surface area contributed by atoms with Gasteiger partial charge in [0.2, 0.25) is 0 Å². The predicted octanol–water partition coefficient (Wildman–Crippen LogP) is 3.28. The molecule has 0 fully saturated rings. The van der Waals surface area contributed by atoms with Crippen LogP contribution in [0.2, 0.25) is 0 Å². The normalized spacial score (nSPS) is 11.1. The van der Waals surface area contributed by atoms with E-state index in [-0.39, 0.29) is 41.3 Å². The maximum absolute atomic E-state index is 12.8. The average molecular weight is 554 g/mol. The minimum atomic E-state index is -4.19. The first-order valence-corrected chi connectivity index (χ1v) is 14.0. The van der Waals surface area contributed by atoms with Crippen LogP contribution in [0.1, 0.15) is 53.1 Å². The van der Waals surface area contributed by atoms with Gasteiger partial charge < -0.3 is 14.8 Å². The molecule has 2 N–H and O–H groups in total. The van der Waals surface area contributed by atoms with Crippen molar-refractivity contribution >= 4 is 27.8 Å². The molecule has 0 saturated heterocycles. The van der Waals surface area contributed by atoms with Crippen molar-refractivity contribution in [1.29, 1.82) is 0 Å². The molecule has 0 radical (unpaired) electrons. The molecular weight excluding hydrogens is 522 g/mol. The standard InChI is InChI=1S/C28H31N3O7S/c1-3-22(4-2)38-28(34)25-14-13-21(18-30-25)27(33)31-39(35,36)24-12-8-9-20(17-24)15-16-29-26(32)19-37-23-10-6-5-7-11-23/h5-14,17-18,22H,3-4,15-16,19H2,1-2H3,(H,29,32)(H,31,33). The van der Waals surface area contributed by atoms with Crippen molar-refractivity contribution in [3.63, 3.8) is 0 Å². The van der Waals surface area contributed by atoms with Crippen LogP contribution in [-0.4, -0.2) is 50.4 Å². The predicted molar refractivity (Wildman–Crippen MR) is 144 cm³/mol. The van der Waals surface area contributed by atoms with E-state index in [2.05, 4.69) is 10.3 Å². The number of aromatic nitrogens is 1. The van der Waals surface area contributed by atoms with Crippen LogP contribution < -0.4 is 14.8 Å². The molecule has 10 nitrogen and oxygen atoms in total. The lowest BCUT2D eigenvalue weighted by molar-refractivity contribution is -0.123. The highest BCUT2D eigenvalue weighted by Gasteiger charge is 2.20. The van der Waals surface area contributed by atoms with Gasteiger partial charge in [0.15, 0.2) is 6.61 Å². The Morgan fingerprint density at radius 1 is 0.949 bits per heavy atom. The van der Waals surface area contributed by atoms with Gasteiger partial charge in [0.05, 0.1) is 10.5 Å². The maximum Gasteiger partial charge on any atom is 0.357 e. The molecule has 0 unspecified atom stereocenters. The molecular formula is C28H31N3O7S. The van der Waals surface area contributed by atoms with Crippen LogP contribution in [0.25, 0.3) is 0 Å². The first-order chi connectivity index (χ1) is 18.7. The molecule has 3 aromatic rings. The van der Waals surface area contributed by atoms with Gasteiger partial charge in [-0.3, -0.25) is 9.59 Å². The largest absolute Gasteiger partial charge is 0.484 e. The van der Waals surface area contributed by atoms with Crippen LogP contribution in [0.5, 0.6) is 5.75 Å². The minimum Gasteiger partial charge on any atom is -0.484 e. The Morgan fingerprint density at radius 3 is 2.36 bits per heavy atom. The fraction of sp³-hybridized carbons (Fsp3) is 0.286. The quantitative estimate of drug-likeness (QED) is 0.307. The fourth-order valence-corrected chi connectivity index (χ4v) is 4.53. The zero-order valence-electron chi connectivity index (χ0n) is 21.8. The molecule has 2 aromatic carbocycles. The van der Waals surface area contributed by atoms with E-state index >= 15 is 0 Å². The lowest BCUT2D eigenvalue weighted by Gasteiger charge is -2.13. The number of nitrogens with zero attached hydrogens (tertiary/aromatic N) is 1.